The van der Waals surface area contributed by atoms with Gasteiger partial charge >= 0.3 is 11.9 Å². The number of hydrogen-bond donors (Lipinski definition) is 0. The highest BCUT2D eigenvalue weighted by Gasteiger charge is 2.46. The Morgan fingerprint density at radius 3 is 2.08 bits per heavy atom. The van der Waals surface area contributed by atoms with Crippen LogP contribution in [0, 0.1) is 10.8 Å². The summed E-state index contributed by atoms with van der Waals surface area (Å²) in [5, 5.41) is 0. The van der Waals surface area contributed by atoms with Crippen LogP contribution in [0.15, 0.2) is 12.2 Å². The summed E-state index contributed by atoms with van der Waals surface area (Å²) in [5.41, 5.74) is -0.398. The third kappa shape index (κ3) is 5.05. The van der Waals surface area contributed by atoms with E-state index in [9.17, 15) is 9.59 Å². The van der Waals surface area contributed by atoms with E-state index in [1.54, 1.807) is 0 Å². The van der Waals surface area contributed by atoms with Crippen LogP contribution < -0.4 is 0 Å². The molecule has 0 saturated carbocycles. The van der Waals surface area contributed by atoms with Crippen LogP contribution in [0.25, 0.3) is 0 Å². The zero-order chi connectivity index (χ0) is 18.7. The maximum atomic E-state index is 11.7. The minimum absolute atomic E-state index is 0.0118. The Labute approximate surface area is 144 Å². The van der Waals surface area contributed by atoms with Crippen LogP contribution in [0.4, 0.5) is 0 Å². The summed E-state index contributed by atoms with van der Waals surface area (Å²) in [4.78, 5) is 23.0. The average molecular weight is 342 g/mol. The molecule has 0 spiro atoms. The van der Waals surface area contributed by atoms with Crippen molar-refractivity contribution >= 4 is 11.9 Å². The van der Waals surface area contributed by atoms with Gasteiger partial charge in [0.1, 0.15) is 6.61 Å². The Kier molecular flexibility index (Phi) is 6.59. The van der Waals surface area contributed by atoms with Crippen molar-refractivity contribution in [2.45, 2.75) is 67.0 Å². The molecule has 2 atom stereocenters. The summed E-state index contributed by atoms with van der Waals surface area (Å²) in [6.45, 7) is 16.7. The highest BCUT2D eigenvalue weighted by molar-refractivity contribution is 5.88. The molecule has 1 saturated heterocycles. The van der Waals surface area contributed by atoms with E-state index in [4.69, 9.17) is 18.9 Å². The molecule has 0 aromatic heterocycles. The molecule has 1 fully saturated rings. The van der Waals surface area contributed by atoms with Crippen LogP contribution in [-0.4, -0.2) is 43.7 Å². The van der Waals surface area contributed by atoms with E-state index in [1.165, 1.54) is 6.92 Å². The van der Waals surface area contributed by atoms with Gasteiger partial charge < -0.3 is 18.9 Å². The highest BCUT2D eigenvalue weighted by atomic mass is 16.7. The zero-order valence-corrected chi connectivity index (χ0v) is 15.8. The molecule has 1 aliphatic heterocycles. The predicted molar refractivity (Wildman–Crippen MR) is 89.2 cm³/mol. The van der Waals surface area contributed by atoms with Crippen LogP contribution in [0.1, 0.15) is 48.5 Å². The van der Waals surface area contributed by atoms with Crippen molar-refractivity contribution in [2.75, 3.05) is 13.2 Å². The van der Waals surface area contributed by atoms with Crippen LogP contribution >= 0.6 is 0 Å². The van der Waals surface area contributed by atoms with Crippen LogP contribution in [0.2, 0.25) is 0 Å². The van der Waals surface area contributed by atoms with Crippen molar-refractivity contribution in [1.29, 1.82) is 0 Å². The molecule has 138 valence electrons. The molecule has 0 aromatic carbocycles. The fourth-order valence-electron chi connectivity index (χ4n) is 2.08. The lowest BCUT2D eigenvalue weighted by Gasteiger charge is -2.49. The van der Waals surface area contributed by atoms with E-state index in [-0.39, 0.29) is 29.8 Å². The summed E-state index contributed by atoms with van der Waals surface area (Å²) >= 11 is 0. The fourth-order valence-corrected chi connectivity index (χ4v) is 2.08. The fraction of sp³-hybridized carbons (Fsp3) is 0.778. The quantitative estimate of drug-likeness (QED) is 0.546. The van der Waals surface area contributed by atoms with Gasteiger partial charge in [0.15, 0.2) is 12.9 Å². The SMILES string of the molecule is C=C(C)C(=O)OCC(=O)OCC(C)(C)C1OC(C)C(C)(C)C(C)O1. The van der Waals surface area contributed by atoms with Gasteiger partial charge in [0.25, 0.3) is 0 Å². The molecule has 0 amide bonds. The molecule has 0 bridgehead atoms. The second-order valence-electron chi connectivity index (χ2n) is 7.72. The number of carbonyl (C=O) groups excluding carboxylic acids is 2. The molecule has 0 N–H and O–H groups in total. The topological polar surface area (TPSA) is 71.1 Å². The van der Waals surface area contributed by atoms with Crippen molar-refractivity contribution in [3.63, 3.8) is 0 Å². The molecule has 6 nitrogen and oxygen atoms in total. The minimum Gasteiger partial charge on any atom is -0.462 e. The van der Waals surface area contributed by atoms with Gasteiger partial charge in [-0.15, -0.1) is 0 Å². The molecular weight excluding hydrogens is 312 g/mol. The Hall–Kier alpha value is -1.40. The minimum atomic E-state index is -0.616. The van der Waals surface area contributed by atoms with Crippen molar-refractivity contribution in [3.05, 3.63) is 12.2 Å². The summed E-state index contributed by atoms with van der Waals surface area (Å²) in [6.07, 6.45) is -0.461. The van der Waals surface area contributed by atoms with E-state index >= 15 is 0 Å². The summed E-state index contributed by atoms with van der Waals surface area (Å²) in [6, 6.07) is 0. The first kappa shape index (κ1) is 20.6. The summed E-state index contributed by atoms with van der Waals surface area (Å²) < 4.78 is 21.9. The standard InChI is InChI=1S/C18H30O6/c1-11(2)15(20)21-9-14(19)22-10-17(5,6)16-23-12(3)18(7,8)13(4)24-16/h12-13,16H,1,9-10H2,2-8H3. The van der Waals surface area contributed by atoms with E-state index in [2.05, 4.69) is 20.4 Å². The zero-order valence-electron chi connectivity index (χ0n) is 15.8. The van der Waals surface area contributed by atoms with Crippen molar-refractivity contribution in [2.24, 2.45) is 10.8 Å². The van der Waals surface area contributed by atoms with Gasteiger partial charge in [-0.1, -0.05) is 34.3 Å². The lowest BCUT2D eigenvalue weighted by Crippen LogP contribution is -2.54. The number of rotatable bonds is 6. The van der Waals surface area contributed by atoms with Crippen molar-refractivity contribution < 1.29 is 28.5 Å². The number of ether oxygens (including phenoxy) is 4. The first-order valence-corrected chi connectivity index (χ1v) is 8.17. The van der Waals surface area contributed by atoms with Gasteiger partial charge in [0.2, 0.25) is 0 Å². The first-order valence-electron chi connectivity index (χ1n) is 8.17. The monoisotopic (exact) mass is 342 g/mol. The van der Waals surface area contributed by atoms with E-state index in [0.29, 0.717) is 0 Å². The van der Waals surface area contributed by atoms with E-state index < -0.39 is 30.3 Å². The molecular formula is C18H30O6. The molecule has 0 aliphatic carbocycles. The summed E-state index contributed by atoms with van der Waals surface area (Å²) in [5.74, 6) is -1.23. The van der Waals surface area contributed by atoms with Gasteiger partial charge in [0.05, 0.1) is 12.2 Å². The van der Waals surface area contributed by atoms with Crippen LogP contribution in [0.3, 0.4) is 0 Å². The smallest absolute Gasteiger partial charge is 0.344 e. The van der Waals surface area contributed by atoms with Gasteiger partial charge in [-0.2, -0.15) is 0 Å². The molecule has 0 aromatic rings. The number of hydrogen-bond acceptors (Lipinski definition) is 6. The Morgan fingerprint density at radius 2 is 1.62 bits per heavy atom. The van der Waals surface area contributed by atoms with Gasteiger partial charge in [-0.25, -0.2) is 9.59 Å². The Morgan fingerprint density at radius 1 is 1.12 bits per heavy atom. The Bertz CT molecular complexity index is 480. The average Bonchev–Trinajstić information content (AvgIpc) is 2.48. The molecule has 6 heteroatoms. The van der Waals surface area contributed by atoms with Crippen LogP contribution in [0.5, 0.6) is 0 Å². The second kappa shape index (κ2) is 7.66. The normalized spacial score (nSPS) is 26.5. The molecule has 1 rings (SSSR count). The molecule has 1 aliphatic rings. The van der Waals surface area contributed by atoms with Gasteiger partial charge in [-0.3, -0.25) is 0 Å². The van der Waals surface area contributed by atoms with Gasteiger partial charge in [0, 0.05) is 16.4 Å². The predicted octanol–water partition coefficient (Wildman–Crippen LogP) is 2.85. The van der Waals surface area contributed by atoms with Crippen molar-refractivity contribution in [3.8, 4) is 0 Å². The van der Waals surface area contributed by atoms with Crippen molar-refractivity contribution in [1.82, 2.24) is 0 Å². The molecule has 1 heterocycles. The maximum Gasteiger partial charge on any atom is 0.344 e. The lowest BCUT2D eigenvalue weighted by molar-refractivity contribution is -0.320. The summed E-state index contributed by atoms with van der Waals surface area (Å²) in [7, 11) is 0. The molecule has 0 radical (unpaired) electrons. The number of carbonyl (C=O) groups is 2. The van der Waals surface area contributed by atoms with Gasteiger partial charge in [-0.05, 0) is 20.8 Å². The largest absolute Gasteiger partial charge is 0.462 e. The van der Waals surface area contributed by atoms with E-state index in [0.717, 1.165) is 0 Å². The molecule has 2 unspecified atom stereocenters. The highest BCUT2D eigenvalue weighted by Crippen LogP contribution is 2.40. The van der Waals surface area contributed by atoms with Crippen LogP contribution in [-0.2, 0) is 28.5 Å². The second-order valence-corrected chi connectivity index (χ2v) is 7.72. The molecule has 24 heavy (non-hydrogen) atoms. The first-order chi connectivity index (χ1) is 10.9. The van der Waals surface area contributed by atoms with E-state index in [1.807, 2.05) is 27.7 Å². The third-order valence-corrected chi connectivity index (χ3v) is 4.66. The lowest BCUT2D eigenvalue weighted by atomic mass is 9.80. The number of esters is 2. The Balaban J connectivity index is 2.53. The maximum absolute atomic E-state index is 11.7. The third-order valence-electron chi connectivity index (χ3n) is 4.66.